The maximum atomic E-state index is 11.6. The van der Waals surface area contributed by atoms with Crippen LogP contribution >= 0.6 is 0 Å². The van der Waals surface area contributed by atoms with Crippen molar-refractivity contribution in [3.8, 4) is 0 Å². The molecule has 4 aliphatic heterocycles. The van der Waals surface area contributed by atoms with E-state index in [-0.39, 0.29) is 18.8 Å². The third kappa shape index (κ3) is 10.7. The van der Waals surface area contributed by atoms with Crippen molar-refractivity contribution in [2.45, 2.75) is 143 Å². The minimum Gasteiger partial charge on any atom is -0.460 e. The van der Waals surface area contributed by atoms with Gasteiger partial charge in [-0.15, -0.1) is 0 Å². The zero-order chi connectivity index (χ0) is 40.9. The molecule has 0 aromatic heterocycles. The Morgan fingerprint density at radius 1 is 0.600 bits per heavy atom. The van der Waals surface area contributed by atoms with E-state index in [0.29, 0.717) is 0 Å². The summed E-state index contributed by atoms with van der Waals surface area (Å²) in [4.78, 5) is 11.6. The Hall–Kier alpha value is -1.59. The summed E-state index contributed by atoms with van der Waals surface area (Å²) < 4.78 is 50.0. The summed E-state index contributed by atoms with van der Waals surface area (Å²) >= 11 is 0. The summed E-state index contributed by atoms with van der Waals surface area (Å²) in [5.74, 6) is -1.41. The largest absolute Gasteiger partial charge is 0.460 e. The summed E-state index contributed by atoms with van der Waals surface area (Å²) in [6.45, 7) is 4.45. The Morgan fingerprint density at radius 3 is 1.47 bits per heavy atom. The van der Waals surface area contributed by atoms with Crippen molar-refractivity contribution in [3.05, 3.63) is 12.2 Å². The number of carbonyl (C=O) groups excluding carboxylic acids is 1. The minimum absolute atomic E-state index is 0.125. The topological polar surface area (TPSA) is 343 Å². The highest BCUT2D eigenvalue weighted by molar-refractivity contribution is 5.86. The van der Waals surface area contributed by atoms with E-state index in [1.54, 1.807) is 0 Å². The van der Waals surface area contributed by atoms with E-state index < -0.39 is 161 Å². The van der Waals surface area contributed by atoms with Gasteiger partial charge in [0.15, 0.2) is 18.9 Å². The molecule has 0 spiro atoms. The van der Waals surface area contributed by atoms with E-state index >= 15 is 0 Å². The van der Waals surface area contributed by atoms with E-state index in [9.17, 15) is 66.1 Å². The second kappa shape index (κ2) is 20.4. The highest BCUT2D eigenvalue weighted by Crippen LogP contribution is 2.35. The first kappa shape index (κ1) is 46.1. The van der Waals surface area contributed by atoms with Gasteiger partial charge in [-0.1, -0.05) is 13.5 Å². The van der Waals surface area contributed by atoms with Gasteiger partial charge in [0, 0.05) is 11.5 Å². The third-order valence-electron chi connectivity index (χ3n) is 10.0. The maximum Gasteiger partial charge on any atom is 0.333 e. The van der Waals surface area contributed by atoms with Gasteiger partial charge < -0.3 is 104 Å². The fraction of sp³-hybridized carbons (Fsp3) is 0.909. The van der Waals surface area contributed by atoms with E-state index in [1.807, 2.05) is 0 Å². The number of aliphatic hydroxyl groups is 12. The van der Waals surface area contributed by atoms with Crippen molar-refractivity contribution in [3.63, 3.8) is 0 Å². The molecule has 4 rings (SSSR count). The molecule has 0 aromatic carbocycles. The van der Waals surface area contributed by atoms with Crippen molar-refractivity contribution in [2.24, 2.45) is 5.92 Å². The Labute approximate surface area is 315 Å². The van der Waals surface area contributed by atoms with E-state index in [4.69, 9.17) is 42.6 Å². The number of ether oxygens (including phenoxy) is 9. The van der Waals surface area contributed by atoms with Crippen LogP contribution < -0.4 is 0 Å². The predicted octanol–water partition coefficient (Wildman–Crippen LogP) is -6.90. The van der Waals surface area contributed by atoms with Crippen LogP contribution in [0.4, 0.5) is 0 Å². The quantitative estimate of drug-likeness (QED) is 0.0509. The summed E-state index contributed by atoms with van der Waals surface area (Å²) in [5, 5.41) is 126. The molecule has 22 nitrogen and oxygen atoms in total. The molecule has 4 fully saturated rings. The maximum absolute atomic E-state index is 11.6. The van der Waals surface area contributed by atoms with Crippen molar-refractivity contribution in [1.29, 1.82) is 0 Å². The van der Waals surface area contributed by atoms with Gasteiger partial charge in [-0.25, -0.2) is 4.79 Å². The van der Waals surface area contributed by atoms with E-state index in [1.165, 1.54) is 20.8 Å². The molecule has 320 valence electrons. The number of aliphatic hydroxyl groups excluding tert-OH is 12. The summed E-state index contributed by atoms with van der Waals surface area (Å²) in [7, 11) is 0. The molecule has 0 radical (unpaired) electrons. The van der Waals surface area contributed by atoms with Gasteiger partial charge in [-0.3, -0.25) is 0 Å². The zero-order valence-electron chi connectivity index (χ0n) is 30.5. The second-order valence-electron chi connectivity index (χ2n) is 14.2. The van der Waals surface area contributed by atoms with E-state index in [2.05, 4.69) is 6.58 Å². The Kier molecular flexibility index (Phi) is 17.1. The monoisotopic (exact) mass is 804 g/mol. The molecule has 0 aliphatic carbocycles. The molecule has 21 atom stereocenters. The van der Waals surface area contributed by atoms with Crippen molar-refractivity contribution in [1.82, 2.24) is 0 Å². The lowest BCUT2D eigenvalue weighted by Gasteiger charge is -2.49. The second-order valence-corrected chi connectivity index (χ2v) is 14.2. The lowest BCUT2D eigenvalue weighted by atomic mass is 9.91. The van der Waals surface area contributed by atoms with Gasteiger partial charge in [-0.2, -0.15) is 0 Å². The van der Waals surface area contributed by atoms with Gasteiger partial charge in [0.1, 0.15) is 92.1 Å². The molecule has 4 heterocycles. The number of hydrogen-bond donors (Lipinski definition) is 12. The highest BCUT2D eigenvalue weighted by Gasteiger charge is 2.54. The number of esters is 1. The van der Waals surface area contributed by atoms with Gasteiger partial charge in [0.2, 0.25) is 0 Å². The van der Waals surface area contributed by atoms with E-state index in [0.717, 1.165) is 0 Å². The summed E-state index contributed by atoms with van der Waals surface area (Å²) in [6.07, 6.45) is -31.4. The molecule has 55 heavy (non-hydrogen) atoms. The fourth-order valence-corrected chi connectivity index (χ4v) is 6.61. The normalized spacial score (nSPS) is 45.9. The van der Waals surface area contributed by atoms with Crippen LogP contribution in [0.3, 0.4) is 0 Å². The molecule has 0 aromatic rings. The molecule has 0 bridgehead atoms. The Bertz CT molecular complexity index is 1210. The molecule has 9 unspecified atom stereocenters. The van der Waals surface area contributed by atoms with Gasteiger partial charge in [0.25, 0.3) is 0 Å². The molecule has 4 saturated heterocycles. The fourth-order valence-electron chi connectivity index (χ4n) is 6.61. The first-order valence-corrected chi connectivity index (χ1v) is 17.9. The smallest absolute Gasteiger partial charge is 0.333 e. The first-order valence-electron chi connectivity index (χ1n) is 17.9. The van der Waals surface area contributed by atoms with Gasteiger partial charge in [-0.05, 0) is 13.8 Å². The van der Waals surface area contributed by atoms with Crippen LogP contribution in [0.5, 0.6) is 0 Å². The van der Waals surface area contributed by atoms with Crippen LogP contribution in [-0.2, 0) is 47.4 Å². The number of hydrogen-bond acceptors (Lipinski definition) is 22. The molecular weight excluding hydrogens is 748 g/mol. The van der Waals surface area contributed by atoms with Crippen LogP contribution in [-0.4, -0.2) is 230 Å². The van der Waals surface area contributed by atoms with Crippen LogP contribution in [0.2, 0.25) is 0 Å². The first-order chi connectivity index (χ1) is 25.9. The van der Waals surface area contributed by atoms with Crippen LogP contribution in [0, 0.1) is 5.92 Å². The van der Waals surface area contributed by atoms with Crippen molar-refractivity contribution >= 4 is 5.97 Å². The summed E-state index contributed by atoms with van der Waals surface area (Å²) in [5.41, 5.74) is 0.125. The van der Waals surface area contributed by atoms with Gasteiger partial charge in [0.05, 0.1) is 51.3 Å². The Balaban J connectivity index is 1.39. The lowest BCUT2D eigenvalue weighted by molar-refractivity contribution is -0.384. The summed E-state index contributed by atoms with van der Waals surface area (Å²) in [6, 6.07) is 0. The molecular formula is C33H56O22. The average molecular weight is 805 g/mol. The molecule has 0 saturated carbocycles. The van der Waals surface area contributed by atoms with Crippen LogP contribution in [0.25, 0.3) is 0 Å². The zero-order valence-corrected chi connectivity index (χ0v) is 30.5. The molecule has 0 amide bonds. The highest BCUT2D eigenvalue weighted by atomic mass is 16.8. The SMILES string of the molecule is C=C(C)C(=O)OCC(O)COC[C@@H]1O[C@H](C)C(O)C(O)[C@H]1O[C@@H]1OC(CO)[C@H](O[C@H]2O[C@@H](CO)[C@H](O[C@@H]3OC(CO)[C@H](C)[C@@H](O)C3O)C(O)C2O)[C@@H](O)C1O. The molecule has 22 heteroatoms. The van der Waals surface area contributed by atoms with Crippen LogP contribution in [0.15, 0.2) is 12.2 Å². The lowest BCUT2D eigenvalue weighted by Crippen LogP contribution is -2.67. The Morgan fingerprint density at radius 2 is 1.02 bits per heavy atom. The standard InChI is InChI=1S/C33H56O22/c1-11(2)30(46)48-9-14(37)8-47-10-18-29(21(40)20(39)13(4)49-18)55-33-26(45)23(42)28(17(7-36)52-33)54-32-25(44)22(41)27(16(6-35)51-32)53-31-24(43)19(38)12(3)15(5-34)50-31/h12-29,31-45H,1,5-10H2,2-4H3/t12-,13+,14?,15?,16-,17?,18-,19+,20?,21?,22?,23-,24?,25?,26?,27-,28-,29-,31-,32+,33-/m0/s1. The third-order valence-corrected chi connectivity index (χ3v) is 10.0. The van der Waals surface area contributed by atoms with Crippen molar-refractivity contribution in [2.75, 3.05) is 39.6 Å². The average Bonchev–Trinajstić information content (AvgIpc) is 3.16. The van der Waals surface area contributed by atoms with Crippen molar-refractivity contribution < 1.29 is 109 Å². The van der Waals surface area contributed by atoms with Gasteiger partial charge >= 0.3 is 5.97 Å². The minimum atomic E-state index is -1.99. The van der Waals surface area contributed by atoms with Crippen LogP contribution in [0.1, 0.15) is 20.8 Å². The molecule has 4 aliphatic rings. The number of rotatable bonds is 16. The predicted molar refractivity (Wildman–Crippen MR) is 176 cm³/mol. The molecule has 12 N–H and O–H groups in total. The number of carbonyl (C=O) groups is 1.